The number of hydrogen-bond acceptors (Lipinski definition) is 4. The monoisotopic (exact) mass is 397 g/mol. The predicted octanol–water partition coefficient (Wildman–Crippen LogP) is 2.20. The molecule has 2 N–H and O–H groups in total. The van der Waals surface area contributed by atoms with E-state index in [1.165, 1.54) is 23.1 Å². The lowest BCUT2D eigenvalue weighted by molar-refractivity contribution is -0.274. The molecular formula is C19H22F3N3O3. The van der Waals surface area contributed by atoms with Crippen molar-refractivity contribution in [1.82, 2.24) is 10.6 Å². The average Bonchev–Trinajstić information content (AvgIpc) is 3.20. The second kappa shape index (κ2) is 6.95. The van der Waals surface area contributed by atoms with Gasteiger partial charge in [-0.1, -0.05) is 6.07 Å². The SMILES string of the molecule is O=C(NC1CCN(c2cccc(OC(F)(F)F)c2)C1=O)C1CC12CCNCC2. The molecule has 2 amide bonds. The maximum Gasteiger partial charge on any atom is 0.573 e. The fourth-order valence-corrected chi connectivity index (χ4v) is 4.39. The van der Waals surface area contributed by atoms with E-state index in [1.54, 1.807) is 6.07 Å². The Labute approximate surface area is 160 Å². The molecule has 1 aliphatic carbocycles. The van der Waals surface area contributed by atoms with Crippen molar-refractivity contribution in [3.05, 3.63) is 24.3 Å². The normalized spacial score (nSPS) is 26.4. The summed E-state index contributed by atoms with van der Waals surface area (Å²) in [5, 5.41) is 6.14. The van der Waals surface area contributed by atoms with E-state index in [-0.39, 0.29) is 28.9 Å². The van der Waals surface area contributed by atoms with Crippen LogP contribution >= 0.6 is 0 Å². The maximum atomic E-state index is 12.7. The Morgan fingerprint density at radius 3 is 2.75 bits per heavy atom. The number of nitrogens with one attached hydrogen (secondary N) is 2. The molecule has 9 heteroatoms. The van der Waals surface area contributed by atoms with E-state index in [9.17, 15) is 22.8 Å². The summed E-state index contributed by atoms with van der Waals surface area (Å²) in [5.41, 5.74) is 0.407. The molecule has 1 aromatic rings. The van der Waals surface area contributed by atoms with Crippen LogP contribution in [0.25, 0.3) is 0 Å². The number of carbonyl (C=O) groups excluding carboxylic acids is 2. The van der Waals surface area contributed by atoms with Gasteiger partial charge in [0.2, 0.25) is 11.8 Å². The number of rotatable bonds is 4. The Bertz CT molecular complexity index is 777. The first-order chi connectivity index (χ1) is 13.3. The largest absolute Gasteiger partial charge is 0.573 e. The molecule has 152 valence electrons. The highest BCUT2D eigenvalue weighted by atomic mass is 19.4. The molecule has 1 spiro atoms. The van der Waals surface area contributed by atoms with Crippen molar-refractivity contribution in [3.63, 3.8) is 0 Å². The number of nitrogens with zero attached hydrogens (tertiary/aromatic N) is 1. The Morgan fingerprint density at radius 1 is 1.29 bits per heavy atom. The van der Waals surface area contributed by atoms with Crippen LogP contribution in [0, 0.1) is 11.3 Å². The van der Waals surface area contributed by atoms with E-state index in [0.717, 1.165) is 32.4 Å². The quantitative estimate of drug-likeness (QED) is 0.817. The summed E-state index contributed by atoms with van der Waals surface area (Å²) in [6.07, 6.45) is -1.55. The minimum Gasteiger partial charge on any atom is -0.406 e. The summed E-state index contributed by atoms with van der Waals surface area (Å²) in [6, 6.07) is 4.68. The topological polar surface area (TPSA) is 70.7 Å². The van der Waals surface area contributed by atoms with Gasteiger partial charge in [0.25, 0.3) is 0 Å². The molecule has 1 saturated carbocycles. The van der Waals surface area contributed by atoms with E-state index >= 15 is 0 Å². The van der Waals surface area contributed by atoms with Gasteiger partial charge in [-0.2, -0.15) is 0 Å². The summed E-state index contributed by atoms with van der Waals surface area (Å²) in [7, 11) is 0. The molecule has 2 aliphatic heterocycles. The van der Waals surface area contributed by atoms with Gasteiger partial charge >= 0.3 is 6.36 Å². The van der Waals surface area contributed by atoms with E-state index in [4.69, 9.17) is 0 Å². The zero-order valence-corrected chi connectivity index (χ0v) is 15.2. The fraction of sp³-hybridized carbons (Fsp3) is 0.579. The van der Waals surface area contributed by atoms with E-state index in [2.05, 4.69) is 15.4 Å². The van der Waals surface area contributed by atoms with Crippen LogP contribution in [0.3, 0.4) is 0 Å². The van der Waals surface area contributed by atoms with Crippen molar-refractivity contribution >= 4 is 17.5 Å². The molecule has 0 aromatic heterocycles. The third-order valence-corrected chi connectivity index (χ3v) is 5.99. The number of ether oxygens (including phenoxy) is 1. The summed E-state index contributed by atoms with van der Waals surface area (Å²) < 4.78 is 41.2. The second-order valence-electron chi connectivity index (χ2n) is 7.75. The summed E-state index contributed by atoms with van der Waals surface area (Å²) in [6.45, 7) is 2.16. The van der Waals surface area contributed by atoms with Gasteiger partial charge in [0.05, 0.1) is 0 Å². The van der Waals surface area contributed by atoms with Crippen LogP contribution in [0.4, 0.5) is 18.9 Å². The first-order valence-electron chi connectivity index (χ1n) is 9.46. The number of carbonyl (C=O) groups is 2. The van der Waals surface area contributed by atoms with E-state index < -0.39 is 12.4 Å². The lowest BCUT2D eigenvalue weighted by Crippen LogP contribution is -2.43. The van der Waals surface area contributed by atoms with Gasteiger partial charge in [0.15, 0.2) is 0 Å². The molecule has 2 saturated heterocycles. The van der Waals surface area contributed by atoms with Crippen molar-refractivity contribution in [2.45, 2.75) is 38.1 Å². The number of anilines is 1. The lowest BCUT2D eigenvalue weighted by Gasteiger charge is -2.23. The minimum atomic E-state index is -4.79. The van der Waals surface area contributed by atoms with Crippen molar-refractivity contribution in [1.29, 1.82) is 0 Å². The summed E-state index contributed by atoms with van der Waals surface area (Å²) in [5.74, 6) is -0.815. The van der Waals surface area contributed by atoms with Gasteiger partial charge in [-0.05, 0) is 56.3 Å². The zero-order chi connectivity index (χ0) is 19.9. The molecule has 4 rings (SSSR count). The van der Waals surface area contributed by atoms with Crippen molar-refractivity contribution in [2.75, 3.05) is 24.5 Å². The van der Waals surface area contributed by atoms with Crippen LogP contribution in [-0.4, -0.2) is 43.9 Å². The van der Waals surface area contributed by atoms with Gasteiger partial charge in [-0.3, -0.25) is 9.59 Å². The molecule has 2 atom stereocenters. The third-order valence-electron chi connectivity index (χ3n) is 5.99. The number of alkyl halides is 3. The Hall–Kier alpha value is -2.29. The molecule has 3 fully saturated rings. The molecule has 6 nitrogen and oxygen atoms in total. The molecule has 0 bridgehead atoms. The number of piperidine rings is 1. The van der Waals surface area contributed by atoms with Gasteiger partial charge in [-0.25, -0.2) is 0 Å². The smallest absolute Gasteiger partial charge is 0.406 e. The van der Waals surface area contributed by atoms with Crippen molar-refractivity contribution < 1.29 is 27.5 Å². The Balaban J connectivity index is 1.37. The zero-order valence-electron chi connectivity index (χ0n) is 15.2. The van der Waals surface area contributed by atoms with Gasteiger partial charge < -0.3 is 20.3 Å². The highest BCUT2D eigenvalue weighted by Gasteiger charge is 2.58. The summed E-state index contributed by atoms with van der Waals surface area (Å²) in [4.78, 5) is 26.7. The fourth-order valence-electron chi connectivity index (χ4n) is 4.39. The maximum absolute atomic E-state index is 12.7. The van der Waals surface area contributed by atoms with Crippen LogP contribution in [0.5, 0.6) is 5.75 Å². The molecule has 28 heavy (non-hydrogen) atoms. The number of benzene rings is 1. The molecule has 3 aliphatic rings. The van der Waals surface area contributed by atoms with E-state index in [0.29, 0.717) is 18.7 Å². The van der Waals surface area contributed by atoms with E-state index in [1.807, 2.05) is 0 Å². The predicted molar refractivity (Wildman–Crippen MR) is 94.7 cm³/mol. The Morgan fingerprint density at radius 2 is 2.04 bits per heavy atom. The number of amides is 2. The highest BCUT2D eigenvalue weighted by Crippen LogP contribution is 2.58. The second-order valence-corrected chi connectivity index (χ2v) is 7.75. The average molecular weight is 397 g/mol. The molecule has 0 radical (unpaired) electrons. The first-order valence-corrected chi connectivity index (χ1v) is 9.46. The van der Waals surface area contributed by atoms with Crippen LogP contribution in [0.1, 0.15) is 25.7 Å². The minimum absolute atomic E-state index is 0.0417. The molecule has 1 aromatic carbocycles. The molecule has 2 heterocycles. The van der Waals surface area contributed by atoms with Gasteiger partial charge in [0.1, 0.15) is 11.8 Å². The molecule has 2 unspecified atom stereocenters. The first kappa shape index (κ1) is 19.0. The van der Waals surface area contributed by atoms with Crippen LogP contribution in [0.15, 0.2) is 24.3 Å². The Kier molecular flexibility index (Phi) is 4.73. The van der Waals surface area contributed by atoms with Crippen molar-refractivity contribution in [3.8, 4) is 5.75 Å². The van der Waals surface area contributed by atoms with Crippen LogP contribution < -0.4 is 20.3 Å². The highest BCUT2D eigenvalue weighted by molar-refractivity contribution is 6.01. The van der Waals surface area contributed by atoms with Gasteiger partial charge in [-0.15, -0.1) is 13.2 Å². The number of hydrogen-bond donors (Lipinski definition) is 2. The van der Waals surface area contributed by atoms with Crippen LogP contribution in [-0.2, 0) is 9.59 Å². The number of halogens is 3. The standard InChI is InChI=1S/C19H22F3N3O3/c20-19(21,22)28-13-3-1-2-12(10-13)25-9-4-15(17(25)27)24-16(26)14-11-18(14)5-7-23-8-6-18/h1-3,10,14-15,23H,4-9,11H2,(H,24,26). The molecular weight excluding hydrogens is 375 g/mol. The lowest BCUT2D eigenvalue weighted by atomic mass is 9.91. The third kappa shape index (κ3) is 3.80. The summed E-state index contributed by atoms with van der Waals surface area (Å²) >= 11 is 0. The van der Waals surface area contributed by atoms with Crippen molar-refractivity contribution in [2.24, 2.45) is 11.3 Å². The van der Waals surface area contributed by atoms with Crippen LogP contribution in [0.2, 0.25) is 0 Å². The van der Waals surface area contributed by atoms with Gasteiger partial charge in [0, 0.05) is 24.2 Å².